The molecule has 1 aliphatic rings. The number of aromatic nitrogens is 3. The zero-order valence-electron chi connectivity index (χ0n) is 33.9. The van der Waals surface area contributed by atoms with Crippen LogP contribution in [0.15, 0.2) is 200 Å². The van der Waals surface area contributed by atoms with Gasteiger partial charge in [0.25, 0.3) is 0 Å². The van der Waals surface area contributed by atoms with Crippen LogP contribution in [-0.4, -0.2) is 14.1 Å². The molecule has 0 saturated carbocycles. The molecule has 0 bridgehead atoms. The van der Waals surface area contributed by atoms with E-state index in [0.29, 0.717) is 0 Å². The van der Waals surface area contributed by atoms with Gasteiger partial charge in [-0.05, 0) is 122 Å². The van der Waals surface area contributed by atoms with E-state index in [0.717, 1.165) is 33.4 Å². The predicted octanol–water partition coefficient (Wildman–Crippen LogP) is 15.2. The molecular formula is C58H39N3. The molecule has 1 aliphatic carbocycles. The molecule has 0 amide bonds. The van der Waals surface area contributed by atoms with Gasteiger partial charge in [-0.3, -0.25) is 4.57 Å². The lowest BCUT2D eigenvalue weighted by atomic mass is 9.81. The largest absolute Gasteiger partial charge is 0.309 e. The normalized spacial score (nSPS) is 13.2. The third kappa shape index (κ3) is 4.89. The van der Waals surface area contributed by atoms with E-state index >= 15 is 0 Å². The zero-order chi connectivity index (χ0) is 40.4. The third-order valence-electron chi connectivity index (χ3n) is 13.5. The molecule has 61 heavy (non-hydrogen) atoms. The first-order valence-electron chi connectivity index (χ1n) is 21.2. The smallest absolute Gasteiger partial charge is 0.138 e. The van der Waals surface area contributed by atoms with Gasteiger partial charge >= 0.3 is 0 Å². The number of benzene rings is 9. The van der Waals surface area contributed by atoms with Gasteiger partial charge in [0, 0.05) is 38.0 Å². The molecule has 3 nitrogen and oxygen atoms in total. The van der Waals surface area contributed by atoms with Crippen molar-refractivity contribution in [3.63, 3.8) is 0 Å². The van der Waals surface area contributed by atoms with Crippen LogP contribution >= 0.6 is 0 Å². The maximum atomic E-state index is 5.39. The number of fused-ring (bicyclic) bond motifs is 12. The molecule has 0 aliphatic heterocycles. The van der Waals surface area contributed by atoms with E-state index in [9.17, 15) is 0 Å². The van der Waals surface area contributed by atoms with Crippen LogP contribution < -0.4 is 0 Å². The second-order valence-corrected chi connectivity index (χ2v) is 17.1. The molecule has 3 heteroatoms. The number of hydrogen-bond acceptors (Lipinski definition) is 1. The van der Waals surface area contributed by atoms with Gasteiger partial charge in [0.2, 0.25) is 0 Å². The summed E-state index contributed by atoms with van der Waals surface area (Å²) in [5, 5.41) is 8.62. The summed E-state index contributed by atoms with van der Waals surface area (Å²) in [5.41, 5.74) is 17.0. The van der Waals surface area contributed by atoms with Crippen molar-refractivity contribution in [1.82, 2.24) is 14.1 Å². The van der Waals surface area contributed by atoms with E-state index in [1.54, 1.807) is 0 Å². The first-order valence-corrected chi connectivity index (χ1v) is 21.2. The Labute approximate surface area is 353 Å². The van der Waals surface area contributed by atoms with Gasteiger partial charge in [-0.2, -0.15) is 0 Å². The minimum atomic E-state index is -0.0879. The first kappa shape index (κ1) is 34.1. The van der Waals surface area contributed by atoms with Crippen molar-refractivity contribution >= 4 is 65.3 Å². The highest BCUT2D eigenvalue weighted by Crippen LogP contribution is 2.50. The number of hydrogen-bond donors (Lipinski definition) is 0. The molecule has 0 radical (unpaired) electrons. The van der Waals surface area contributed by atoms with Crippen molar-refractivity contribution in [3.05, 3.63) is 211 Å². The minimum Gasteiger partial charge on any atom is -0.309 e. The van der Waals surface area contributed by atoms with Crippen LogP contribution in [0.5, 0.6) is 0 Å². The van der Waals surface area contributed by atoms with Crippen molar-refractivity contribution in [2.24, 2.45) is 0 Å². The number of pyridine rings is 1. The summed E-state index contributed by atoms with van der Waals surface area (Å²) in [7, 11) is 0. The molecule has 0 saturated heterocycles. The van der Waals surface area contributed by atoms with Crippen LogP contribution in [0.3, 0.4) is 0 Å². The quantitative estimate of drug-likeness (QED) is 0.174. The Balaban J connectivity index is 0.999. The number of nitrogens with zero attached hydrogens (tertiary/aromatic N) is 3. The maximum Gasteiger partial charge on any atom is 0.138 e. The topological polar surface area (TPSA) is 22.8 Å². The lowest BCUT2D eigenvalue weighted by Gasteiger charge is -2.22. The summed E-state index contributed by atoms with van der Waals surface area (Å²) in [6, 6.07) is 73.6. The standard InChI is InChI=1S/C58H39N3/c1-58(2)49-21-11-8-18-42(49)43-28-24-39(34-50(43)58)46-35-56(59-51-22-12-9-19-44(46)51)61-52-23-13-10-20-45(52)47-32-37(26-29-53(47)61)38-27-30-54-48(33-38)57-41-17-7-6-14-36(41)25-31-55(57)60(54)40-15-4-3-5-16-40/h3-35H,1-2H3. The van der Waals surface area contributed by atoms with Crippen LogP contribution in [0.1, 0.15) is 25.0 Å². The van der Waals surface area contributed by atoms with E-state index in [-0.39, 0.29) is 5.41 Å². The van der Waals surface area contributed by atoms with Crippen LogP contribution in [0.4, 0.5) is 0 Å². The fourth-order valence-corrected chi connectivity index (χ4v) is 10.6. The summed E-state index contributed by atoms with van der Waals surface area (Å²) in [4.78, 5) is 5.39. The fraction of sp³-hybridized carbons (Fsp3) is 0.0517. The lowest BCUT2D eigenvalue weighted by Crippen LogP contribution is -2.14. The summed E-state index contributed by atoms with van der Waals surface area (Å²) >= 11 is 0. The van der Waals surface area contributed by atoms with E-state index < -0.39 is 0 Å². The summed E-state index contributed by atoms with van der Waals surface area (Å²) < 4.78 is 4.77. The van der Waals surface area contributed by atoms with Crippen molar-refractivity contribution < 1.29 is 0 Å². The van der Waals surface area contributed by atoms with Gasteiger partial charge in [-0.1, -0.05) is 147 Å². The molecule has 9 aromatic carbocycles. The molecule has 12 aromatic rings. The highest BCUT2D eigenvalue weighted by atomic mass is 15.1. The fourth-order valence-electron chi connectivity index (χ4n) is 10.6. The first-order chi connectivity index (χ1) is 30.0. The van der Waals surface area contributed by atoms with Crippen molar-refractivity contribution in [1.29, 1.82) is 0 Å². The summed E-state index contributed by atoms with van der Waals surface area (Å²) in [6.07, 6.45) is 0. The zero-order valence-corrected chi connectivity index (χ0v) is 33.9. The van der Waals surface area contributed by atoms with Crippen molar-refractivity contribution in [3.8, 4) is 44.9 Å². The van der Waals surface area contributed by atoms with Crippen LogP contribution in [0.2, 0.25) is 0 Å². The summed E-state index contributed by atoms with van der Waals surface area (Å²) in [5.74, 6) is 0.915. The highest BCUT2D eigenvalue weighted by molar-refractivity contribution is 6.22. The second kappa shape index (κ2) is 12.6. The average molecular weight is 778 g/mol. The molecule has 13 rings (SSSR count). The summed E-state index contributed by atoms with van der Waals surface area (Å²) in [6.45, 7) is 4.71. The van der Waals surface area contributed by atoms with Gasteiger partial charge in [-0.25, -0.2) is 4.98 Å². The molecule has 3 heterocycles. The van der Waals surface area contributed by atoms with Crippen molar-refractivity contribution in [2.45, 2.75) is 19.3 Å². The molecule has 0 spiro atoms. The van der Waals surface area contributed by atoms with E-state index in [1.807, 2.05) is 0 Å². The Bertz CT molecular complexity index is 3790. The Kier molecular flexibility index (Phi) is 7.07. The molecule has 3 aromatic heterocycles. The Morgan fingerprint density at radius 3 is 1.85 bits per heavy atom. The van der Waals surface area contributed by atoms with Gasteiger partial charge in [0.15, 0.2) is 0 Å². The Morgan fingerprint density at radius 2 is 1.00 bits per heavy atom. The van der Waals surface area contributed by atoms with E-state index in [1.165, 1.54) is 87.9 Å². The monoisotopic (exact) mass is 777 g/mol. The average Bonchev–Trinajstić information content (AvgIpc) is 3.91. The van der Waals surface area contributed by atoms with E-state index in [4.69, 9.17) is 4.98 Å². The Morgan fingerprint density at radius 1 is 0.377 bits per heavy atom. The molecule has 286 valence electrons. The molecule has 0 fully saturated rings. The van der Waals surface area contributed by atoms with Crippen LogP contribution in [-0.2, 0) is 5.41 Å². The minimum absolute atomic E-state index is 0.0879. The molecular weight excluding hydrogens is 739 g/mol. The molecule has 0 unspecified atom stereocenters. The lowest BCUT2D eigenvalue weighted by molar-refractivity contribution is 0.660. The van der Waals surface area contributed by atoms with Crippen molar-refractivity contribution in [2.75, 3.05) is 0 Å². The predicted molar refractivity (Wildman–Crippen MR) is 256 cm³/mol. The molecule has 0 N–H and O–H groups in total. The SMILES string of the molecule is CC1(C)c2ccccc2-c2ccc(-c3cc(-n4c5ccccc5c5cc(-c6ccc7c(c6)c6c8ccccc8ccc6n7-c6ccccc6)ccc54)nc4ccccc34)cc21. The highest BCUT2D eigenvalue weighted by Gasteiger charge is 2.35. The third-order valence-corrected chi connectivity index (χ3v) is 13.5. The number of rotatable bonds is 4. The Hall–Kier alpha value is -7.75. The van der Waals surface area contributed by atoms with Crippen LogP contribution in [0.25, 0.3) is 110 Å². The van der Waals surface area contributed by atoms with Crippen LogP contribution in [0, 0.1) is 0 Å². The van der Waals surface area contributed by atoms with Gasteiger partial charge in [0.1, 0.15) is 5.82 Å². The van der Waals surface area contributed by atoms with E-state index in [2.05, 4.69) is 223 Å². The van der Waals surface area contributed by atoms with Gasteiger partial charge in [-0.15, -0.1) is 0 Å². The number of para-hydroxylation sites is 3. The molecule has 0 atom stereocenters. The second-order valence-electron chi connectivity index (χ2n) is 17.1. The van der Waals surface area contributed by atoms with Gasteiger partial charge < -0.3 is 4.57 Å². The van der Waals surface area contributed by atoms with Gasteiger partial charge in [0.05, 0.1) is 27.6 Å². The maximum absolute atomic E-state index is 5.39.